The number of hydrogen-bond acceptors (Lipinski definition) is 4. The number of carbonyl (C=O) groups excluding carboxylic acids is 1. The minimum atomic E-state index is -1.35. The number of esters is 1. The Hall–Kier alpha value is -1.55. The maximum absolute atomic E-state index is 12.0. The highest BCUT2D eigenvalue weighted by molar-refractivity contribution is 5.74. The van der Waals surface area contributed by atoms with Crippen molar-refractivity contribution in [3.63, 3.8) is 0 Å². The molecule has 0 aromatic heterocycles. The molecule has 0 amide bonds. The van der Waals surface area contributed by atoms with Crippen molar-refractivity contribution >= 4 is 5.97 Å². The van der Waals surface area contributed by atoms with Crippen LogP contribution in [0.3, 0.4) is 0 Å². The molecule has 106 valence electrons. The molecule has 0 spiro atoms. The molecule has 4 heteroatoms. The number of ether oxygens (including phenoxy) is 1. The van der Waals surface area contributed by atoms with Gasteiger partial charge in [-0.05, 0) is 52.3 Å². The summed E-state index contributed by atoms with van der Waals surface area (Å²) in [7, 11) is 0. The van der Waals surface area contributed by atoms with E-state index in [0.29, 0.717) is 5.56 Å². The van der Waals surface area contributed by atoms with Gasteiger partial charge in [0, 0.05) is 0 Å². The molecule has 1 aromatic carbocycles. The first-order chi connectivity index (χ1) is 8.54. The van der Waals surface area contributed by atoms with Crippen molar-refractivity contribution in [2.45, 2.75) is 45.8 Å². The number of rotatable bonds is 3. The molecule has 0 aliphatic rings. The number of aromatic hydroxyl groups is 1. The third-order valence-electron chi connectivity index (χ3n) is 3.06. The Labute approximate surface area is 114 Å². The van der Waals surface area contributed by atoms with Gasteiger partial charge in [-0.3, -0.25) is 4.79 Å². The van der Waals surface area contributed by atoms with E-state index in [1.165, 1.54) is 12.1 Å². The first kappa shape index (κ1) is 15.5. The molecule has 2 N–H and O–H groups in total. The highest BCUT2D eigenvalue weighted by Crippen LogP contribution is 2.31. The minimum absolute atomic E-state index is 0.115. The van der Waals surface area contributed by atoms with E-state index in [4.69, 9.17) is 4.74 Å². The fraction of sp³-hybridized carbons (Fsp3) is 0.533. The lowest BCUT2D eigenvalue weighted by Gasteiger charge is -2.31. The quantitative estimate of drug-likeness (QED) is 0.825. The fourth-order valence-electron chi connectivity index (χ4n) is 1.67. The third kappa shape index (κ3) is 3.96. The largest absolute Gasteiger partial charge is 0.508 e. The number of carbonyl (C=O) groups is 1. The van der Waals surface area contributed by atoms with E-state index >= 15 is 0 Å². The zero-order valence-corrected chi connectivity index (χ0v) is 12.1. The summed E-state index contributed by atoms with van der Waals surface area (Å²) in [6.45, 7) is 8.54. The molecular weight excluding hydrogens is 244 g/mol. The van der Waals surface area contributed by atoms with Crippen molar-refractivity contribution in [2.75, 3.05) is 0 Å². The molecule has 2 atom stereocenters. The minimum Gasteiger partial charge on any atom is -0.508 e. The van der Waals surface area contributed by atoms with Gasteiger partial charge < -0.3 is 14.9 Å². The van der Waals surface area contributed by atoms with Crippen LogP contribution in [0.1, 0.15) is 40.2 Å². The van der Waals surface area contributed by atoms with Gasteiger partial charge in [-0.1, -0.05) is 12.1 Å². The summed E-state index contributed by atoms with van der Waals surface area (Å²) in [5.74, 6) is -1.05. The van der Waals surface area contributed by atoms with Crippen molar-refractivity contribution in [2.24, 2.45) is 5.92 Å². The van der Waals surface area contributed by atoms with Crippen LogP contribution in [0.15, 0.2) is 24.3 Å². The summed E-state index contributed by atoms with van der Waals surface area (Å²) in [5, 5.41) is 19.8. The number of hydrogen-bond donors (Lipinski definition) is 2. The van der Waals surface area contributed by atoms with Crippen LogP contribution in [0.2, 0.25) is 0 Å². The Morgan fingerprint density at radius 2 is 1.63 bits per heavy atom. The second-order valence-corrected chi connectivity index (χ2v) is 5.95. The van der Waals surface area contributed by atoms with Crippen LogP contribution in [0.5, 0.6) is 5.75 Å². The molecule has 2 unspecified atom stereocenters. The lowest BCUT2D eigenvalue weighted by Crippen LogP contribution is -2.39. The molecule has 1 aromatic rings. The fourth-order valence-corrected chi connectivity index (χ4v) is 1.67. The Balaban J connectivity index is 2.93. The Bertz CT molecular complexity index is 440. The van der Waals surface area contributed by atoms with Gasteiger partial charge in [0.15, 0.2) is 0 Å². The van der Waals surface area contributed by atoms with Crippen LogP contribution in [-0.4, -0.2) is 21.8 Å². The van der Waals surface area contributed by atoms with Crippen LogP contribution >= 0.6 is 0 Å². The molecule has 0 bridgehead atoms. The molecule has 0 saturated heterocycles. The normalized spacial score (nSPS) is 16.5. The molecule has 4 nitrogen and oxygen atoms in total. The van der Waals surface area contributed by atoms with Gasteiger partial charge in [0.2, 0.25) is 0 Å². The van der Waals surface area contributed by atoms with Crippen molar-refractivity contribution in [1.82, 2.24) is 0 Å². The van der Waals surface area contributed by atoms with E-state index in [1.807, 2.05) is 0 Å². The molecule has 0 radical (unpaired) electrons. The molecule has 0 aliphatic heterocycles. The van der Waals surface area contributed by atoms with Crippen molar-refractivity contribution in [3.05, 3.63) is 29.8 Å². The average Bonchev–Trinajstić information content (AvgIpc) is 2.26. The zero-order chi connectivity index (χ0) is 14.8. The molecule has 1 rings (SSSR count). The summed E-state index contributed by atoms with van der Waals surface area (Å²) in [5.41, 5.74) is -1.38. The standard InChI is InChI=1S/C15H22O4/c1-10(13(17)19-14(2,3)4)15(5,18)11-6-8-12(16)9-7-11/h6-10,16,18H,1-5H3. The van der Waals surface area contributed by atoms with Gasteiger partial charge in [0.05, 0.1) is 11.5 Å². The summed E-state index contributed by atoms with van der Waals surface area (Å²) < 4.78 is 5.28. The van der Waals surface area contributed by atoms with E-state index in [9.17, 15) is 15.0 Å². The van der Waals surface area contributed by atoms with E-state index in [-0.39, 0.29) is 5.75 Å². The molecule has 0 heterocycles. The van der Waals surface area contributed by atoms with Gasteiger partial charge in [0.25, 0.3) is 0 Å². The van der Waals surface area contributed by atoms with Gasteiger partial charge in [-0.25, -0.2) is 0 Å². The predicted octanol–water partition coefficient (Wildman–Crippen LogP) is 2.58. The summed E-state index contributed by atoms with van der Waals surface area (Å²) in [6, 6.07) is 6.14. The summed E-state index contributed by atoms with van der Waals surface area (Å²) >= 11 is 0. The first-order valence-electron chi connectivity index (χ1n) is 6.29. The lowest BCUT2D eigenvalue weighted by molar-refractivity contribution is -0.168. The van der Waals surface area contributed by atoms with Crippen LogP contribution in [0.25, 0.3) is 0 Å². The Kier molecular flexibility index (Phi) is 4.25. The third-order valence-corrected chi connectivity index (χ3v) is 3.06. The second-order valence-electron chi connectivity index (χ2n) is 5.95. The first-order valence-corrected chi connectivity index (χ1v) is 6.29. The lowest BCUT2D eigenvalue weighted by atomic mass is 9.84. The predicted molar refractivity (Wildman–Crippen MR) is 72.7 cm³/mol. The van der Waals surface area contributed by atoms with Crippen LogP contribution < -0.4 is 0 Å². The topological polar surface area (TPSA) is 66.8 Å². The number of phenols is 1. The Morgan fingerprint density at radius 3 is 2.05 bits per heavy atom. The second kappa shape index (κ2) is 5.21. The van der Waals surface area contributed by atoms with E-state index < -0.39 is 23.1 Å². The molecule has 0 saturated carbocycles. The molecular formula is C15H22O4. The SMILES string of the molecule is CC(C(=O)OC(C)(C)C)C(C)(O)c1ccc(O)cc1. The van der Waals surface area contributed by atoms with Crippen LogP contribution in [0.4, 0.5) is 0 Å². The Morgan fingerprint density at radius 1 is 1.16 bits per heavy atom. The molecule has 0 fully saturated rings. The zero-order valence-electron chi connectivity index (χ0n) is 12.1. The van der Waals surface area contributed by atoms with Crippen molar-refractivity contribution < 1.29 is 19.7 Å². The maximum Gasteiger partial charge on any atom is 0.312 e. The maximum atomic E-state index is 12.0. The average molecular weight is 266 g/mol. The van der Waals surface area contributed by atoms with Crippen molar-refractivity contribution in [3.8, 4) is 5.75 Å². The van der Waals surface area contributed by atoms with Gasteiger partial charge >= 0.3 is 5.97 Å². The summed E-state index contributed by atoms with van der Waals surface area (Å²) in [4.78, 5) is 12.0. The van der Waals surface area contributed by atoms with Crippen LogP contribution in [0, 0.1) is 5.92 Å². The number of aliphatic hydroxyl groups is 1. The van der Waals surface area contributed by atoms with Gasteiger partial charge in [0.1, 0.15) is 11.4 Å². The van der Waals surface area contributed by atoms with Gasteiger partial charge in [-0.15, -0.1) is 0 Å². The van der Waals surface area contributed by atoms with Gasteiger partial charge in [-0.2, -0.15) is 0 Å². The monoisotopic (exact) mass is 266 g/mol. The smallest absolute Gasteiger partial charge is 0.312 e. The number of phenolic OH excluding ortho intramolecular Hbond substituents is 1. The highest BCUT2D eigenvalue weighted by atomic mass is 16.6. The molecule has 0 aliphatic carbocycles. The van der Waals surface area contributed by atoms with Crippen molar-refractivity contribution in [1.29, 1.82) is 0 Å². The van der Waals surface area contributed by atoms with E-state index in [2.05, 4.69) is 0 Å². The highest BCUT2D eigenvalue weighted by Gasteiger charge is 2.37. The molecule has 19 heavy (non-hydrogen) atoms. The van der Waals surface area contributed by atoms with E-state index in [1.54, 1.807) is 46.8 Å². The van der Waals surface area contributed by atoms with E-state index in [0.717, 1.165) is 0 Å². The van der Waals surface area contributed by atoms with Crippen LogP contribution in [-0.2, 0) is 15.1 Å². The summed E-state index contributed by atoms with van der Waals surface area (Å²) in [6.07, 6.45) is 0. The number of benzene rings is 1.